The minimum absolute atomic E-state index is 0.0151. The van der Waals surface area contributed by atoms with Crippen molar-refractivity contribution >= 4 is 12.0 Å². The third-order valence-electron chi connectivity index (χ3n) is 3.44. The van der Waals surface area contributed by atoms with Crippen LogP contribution in [0.2, 0.25) is 0 Å². The molecule has 0 fully saturated rings. The van der Waals surface area contributed by atoms with Crippen molar-refractivity contribution in [3.05, 3.63) is 41.2 Å². The molecule has 6 nitrogen and oxygen atoms in total. The second-order valence-electron chi connectivity index (χ2n) is 6.74. The fourth-order valence-electron chi connectivity index (χ4n) is 2.29. The van der Waals surface area contributed by atoms with E-state index in [4.69, 9.17) is 9.47 Å². The van der Waals surface area contributed by atoms with Gasteiger partial charge in [0, 0.05) is 24.2 Å². The van der Waals surface area contributed by atoms with Crippen molar-refractivity contribution in [1.82, 2.24) is 10.6 Å². The zero-order chi connectivity index (χ0) is 18.4. The molecule has 2 N–H and O–H groups in total. The van der Waals surface area contributed by atoms with Crippen molar-refractivity contribution < 1.29 is 23.5 Å². The first kappa shape index (κ1) is 18.8. The van der Waals surface area contributed by atoms with Gasteiger partial charge >= 0.3 is 6.09 Å². The quantitative estimate of drug-likeness (QED) is 0.856. The minimum Gasteiger partial charge on any atom is -0.489 e. The number of ether oxygens (including phenoxy) is 2. The maximum atomic E-state index is 13.0. The highest BCUT2D eigenvalue weighted by Crippen LogP contribution is 2.21. The molecule has 1 aliphatic rings. The summed E-state index contributed by atoms with van der Waals surface area (Å²) in [5, 5.41) is 5.25. The topological polar surface area (TPSA) is 76.7 Å². The minimum atomic E-state index is -0.619. The second kappa shape index (κ2) is 8.00. The maximum absolute atomic E-state index is 13.0. The SMILES string of the molecule is CC(C)(C)OC(=O)NC/C(=C\F)COc1ccc2c(c1)CCNC2=O. The molecule has 136 valence electrons. The fourth-order valence-corrected chi connectivity index (χ4v) is 2.29. The van der Waals surface area contributed by atoms with Crippen LogP contribution in [-0.2, 0) is 11.2 Å². The fraction of sp³-hybridized carbons (Fsp3) is 0.444. The molecule has 1 aromatic rings. The Balaban J connectivity index is 1.87. The molecular formula is C18H23FN2O4. The Labute approximate surface area is 146 Å². The number of amides is 2. The van der Waals surface area contributed by atoms with Gasteiger partial charge in [0.2, 0.25) is 0 Å². The molecule has 0 unspecified atom stereocenters. The summed E-state index contributed by atoms with van der Waals surface area (Å²) in [5.41, 5.74) is 1.18. The molecule has 1 aromatic carbocycles. The number of fused-ring (bicyclic) bond motifs is 1. The first-order chi connectivity index (χ1) is 11.8. The number of hydrogen-bond donors (Lipinski definition) is 2. The number of alkyl carbamates (subject to hydrolysis) is 1. The smallest absolute Gasteiger partial charge is 0.407 e. The second-order valence-corrected chi connectivity index (χ2v) is 6.74. The van der Waals surface area contributed by atoms with Gasteiger partial charge in [-0.2, -0.15) is 0 Å². The van der Waals surface area contributed by atoms with Gasteiger partial charge in [-0.15, -0.1) is 0 Å². The van der Waals surface area contributed by atoms with E-state index < -0.39 is 11.7 Å². The Morgan fingerprint density at radius 2 is 2.16 bits per heavy atom. The average molecular weight is 350 g/mol. The van der Waals surface area contributed by atoms with Gasteiger partial charge in [-0.25, -0.2) is 9.18 Å². The van der Waals surface area contributed by atoms with Gasteiger partial charge in [-0.1, -0.05) is 0 Å². The normalized spacial score (nSPS) is 14.4. The molecule has 0 aliphatic carbocycles. The van der Waals surface area contributed by atoms with E-state index in [1.807, 2.05) is 0 Å². The van der Waals surface area contributed by atoms with Crippen molar-refractivity contribution in [1.29, 1.82) is 0 Å². The molecule has 0 aromatic heterocycles. The van der Waals surface area contributed by atoms with Crippen LogP contribution < -0.4 is 15.4 Å². The van der Waals surface area contributed by atoms with E-state index in [9.17, 15) is 14.0 Å². The van der Waals surface area contributed by atoms with E-state index in [0.717, 1.165) is 12.0 Å². The maximum Gasteiger partial charge on any atom is 0.407 e. The predicted octanol–water partition coefficient (Wildman–Crippen LogP) is 2.73. The Morgan fingerprint density at radius 3 is 2.84 bits per heavy atom. The third kappa shape index (κ3) is 5.77. The number of benzene rings is 1. The highest BCUT2D eigenvalue weighted by Gasteiger charge is 2.18. The van der Waals surface area contributed by atoms with E-state index >= 15 is 0 Å². The summed E-state index contributed by atoms with van der Waals surface area (Å²) in [4.78, 5) is 23.3. The lowest BCUT2D eigenvalue weighted by Gasteiger charge is -2.20. The highest BCUT2D eigenvalue weighted by molar-refractivity contribution is 5.96. The van der Waals surface area contributed by atoms with Gasteiger partial charge in [0.1, 0.15) is 18.0 Å². The van der Waals surface area contributed by atoms with E-state index in [2.05, 4.69) is 10.6 Å². The highest BCUT2D eigenvalue weighted by atomic mass is 19.1. The van der Waals surface area contributed by atoms with Gasteiger partial charge in [-0.05, 0) is 51.0 Å². The largest absolute Gasteiger partial charge is 0.489 e. The van der Waals surface area contributed by atoms with Crippen LogP contribution >= 0.6 is 0 Å². The van der Waals surface area contributed by atoms with Crippen molar-refractivity contribution in [3.8, 4) is 5.75 Å². The van der Waals surface area contributed by atoms with Gasteiger partial charge in [0.15, 0.2) is 0 Å². The van der Waals surface area contributed by atoms with E-state index in [1.165, 1.54) is 0 Å². The van der Waals surface area contributed by atoms with Gasteiger partial charge in [0.05, 0.1) is 6.33 Å². The van der Waals surface area contributed by atoms with Crippen LogP contribution in [-0.4, -0.2) is 37.3 Å². The summed E-state index contributed by atoms with van der Waals surface area (Å²) < 4.78 is 23.6. The Kier molecular flexibility index (Phi) is 6.01. The van der Waals surface area contributed by atoms with Crippen LogP contribution in [0.15, 0.2) is 30.1 Å². The Hall–Kier alpha value is -2.57. The van der Waals surface area contributed by atoms with Crippen molar-refractivity contribution in [2.24, 2.45) is 0 Å². The Morgan fingerprint density at radius 1 is 1.40 bits per heavy atom. The molecule has 0 saturated heterocycles. The monoisotopic (exact) mass is 350 g/mol. The molecule has 0 saturated carbocycles. The van der Waals surface area contributed by atoms with Crippen LogP contribution in [0.3, 0.4) is 0 Å². The average Bonchev–Trinajstić information content (AvgIpc) is 2.53. The molecule has 0 radical (unpaired) electrons. The molecule has 0 bridgehead atoms. The van der Waals surface area contributed by atoms with Crippen LogP contribution in [0, 0.1) is 0 Å². The molecule has 25 heavy (non-hydrogen) atoms. The van der Waals surface area contributed by atoms with E-state index in [0.29, 0.717) is 24.2 Å². The van der Waals surface area contributed by atoms with Crippen LogP contribution in [0.1, 0.15) is 36.7 Å². The lowest BCUT2D eigenvalue weighted by atomic mass is 10.0. The molecule has 0 spiro atoms. The van der Waals surface area contributed by atoms with E-state index in [-0.39, 0.29) is 24.6 Å². The molecular weight excluding hydrogens is 327 g/mol. The van der Waals surface area contributed by atoms with Crippen molar-refractivity contribution in [2.45, 2.75) is 32.8 Å². The molecule has 2 rings (SSSR count). The number of carbonyl (C=O) groups is 2. The number of halogens is 1. The van der Waals surface area contributed by atoms with Gasteiger partial charge in [0.25, 0.3) is 5.91 Å². The van der Waals surface area contributed by atoms with Crippen LogP contribution in [0.5, 0.6) is 5.75 Å². The molecule has 1 heterocycles. The third-order valence-corrected chi connectivity index (χ3v) is 3.44. The number of carbonyl (C=O) groups excluding carboxylic acids is 2. The Bertz CT molecular complexity index is 680. The summed E-state index contributed by atoms with van der Waals surface area (Å²) in [5.74, 6) is 0.448. The van der Waals surface area contributed by atoms with E-state index in [1.54, 1.807) is 39.0 Å². The molecule has 7 heteroatoms. The summed E-state index contributed by atoms with van der Waals surface area (Å²) >= 11 is 0. The summed E-state index contributed by atoms with van der Waals surface area (Å²) in [6.45, 7) is 5.80. The first-order valence-electron chi connectivity index (χ1n) is 8.07. The van der Waals surface area contributed by atoms with Crippen LogP contribution in [0.25, 0.3) is 0 Å². The number of rotatable bonds is 5. The van der Waals surface area contributed by atoms with Gasteiger partial charge < -0.3 is 20.1 Å². The molecule has 0 atom stereocenters. The first-order valence-corrected chi connectivity index (χ1v) is 8.07. The lowest BCUT2D eigenvalue weighted by Crippen LogP contribution is -2.34. The van der Waals surface area contributed by atoms with Crippen molar-refractivity contribution in [3.63, 3.8) is 0 Å². The zero-order valence-electron chi connectivity index (χ0n) is 14.6. The number of nitrogens with one attached hydrogen (secondary N) is 2. The van der Waals surface area contributed by atoms with Gasteiger partial charge in [-0.3, -0.25) is 4.79 Å². The lowest BCUT2D eigenvalue weighted by molar-refractivity contribution is 0.0531. The predicted molar refractivity (Wildman–Crippen MR) is 91.4 cm³/mol. The standard InChI is InChI=1S/C18H23FN2O4/c1-18(2,3)25-17(23)21-10-12(9-19)11-24-14-4-5-15-13(8-14)6-7-20-16(15)22/h4-5,8-9H,6-7,10-11H2,1-3H3,(H,20,22)(H,21,23)/b12-9+. The molecule has 2 amide bonds. The number of hydrogen-bond acceptors (Lipinski definition) is 4. The summed E-state index contributed by atoms with van der Waals surface area (Å²) in [7, 11) is 0. The molecule has 1 aliphatic heterocycles. The zero-order valence-corrected chi connectivity index (χ0v) is 14.6. The summed E-state index contributed by atoms with van der Waals surface area (Å²) in [6, 6.07) is 5.14. The van der Waals surface area contributed by atoms with Crippen molar-refractivity contribution in [2.75, 3.05) is 19.7 Å². The van der Waals surface area contributed by atoms with Crippen LogP contribution in [0.4, 0.5) is 9.18 Å². The summed E-state index contributed by atoms with van der Waals surface area (Å²) in [6.07, 6.45) is 0.514.